The lowest BCUT2D eigenvalue weighted by molar-refractivity contribution is 1.15. The molecule has 0 heterocycles. The van der Waals surface area contributed by atoms with Crippen LogP contribution in [0.1, 0.15) is 22.3 Å². The van der Waals surface area contributed by atoms with Crippen molar-refractivity contribution in [3.63, 3.8) is 0 Å². The quantitative estimate of drug-likeness (QED) is 0.594. The second-order valence-electron chi connectivity index (χ2n) is 5.25. The molecule has 0 aliphatic carbocycles. The molecule has 0 aliphatic rings. The van der Waals surface area contributed by atoms with Crippen LogP contribution in [0.15, 0.2) is 78.9 Å². The van der Waals surface area contributed by atoms with Crippen molar-refractivity contribution < 1.29 is 0 Å². The molecular formula is C20H17Cl. The fourth-order valence-electron chi connectivity index (χ4n) is 2.49. The second kappa shape index (κ2) is 6.60. The molecule has 0 amide bonds. The highest BCUT2D eigenvalue weighted by molar-refractivity contribution is 6.31. The molecule has 21 heavy (non-hydrogen) atoms. The molecule has 0 atom stereocenters. The van der Waals surface area contributed by atoms with Crippen molar-refractivity contribution in [3.05, 3.63) is 106 Å². The molecule has 104 valence electrons. The van der Waals surface area contributed by atoms with Crippen molar-refractivity contribution in [1.29, 1.82) is 0 Å². The first-order chi connectivity index (χ1) is 10.3. The summed E-state index contributed by atoms with van der Waals surface area (Å²) in [5.41, 5.74) is 5.03. The lowest BCUT2D eigenvalue weighted by atomic mass is 10.0. The summed E-state index contributed by atoms with van der Waals surface area (Å²) in [6, 6.07) is 27.3. The van der Waals surface area contributed by atoms with Crippen molar-refractivity contribution in [3.8, 4) is 0 Å². The Morgan fingerprint density at radius 1 is 0.571 bits per heavy atom. The number of halogens is 1. The lowest BCUT2D eigenvalue weighted by Gasteiger charge is -2.08. The molecule has 0 nitrogen and oxygen atoms in total. The van der Waals surface area contributed by atoms with Gasteiger partial charge in [0.15, 0.2) is 0 Å². The third-order valence-electron chi connectivity index (χ3n) is 3.61. The summed E-state index contributed by atoms with van der Waals surface area (Å²) in [6.45, 7) is 0. The summed E-state index contributed by atoms with van der Waals surface area (Å²) in [4.78, 5) is 0. The van der Waals surface area contributed by atoms with Gasteiger partial charge >= 0.3 is 0 Å². The highest BCUT2D eigenvalue weighted by atomic mass is 35.5. The summed E-state index contributed by atoms with van der Waals surface area (Å²) in [5.74, 6) is 0. The number of hydrogen-bond acceptors (Lipinski definition) is 0. The molecular weight excluding hydrogens is 276 g/mol. The van der Waals surface area contributed by atoms with E-state index in [-0.39, 0.29) is 0 Å². The maximum atomic E-state index is 6.45. The van der Waals surface area contributed by atoms with Crippen LogP contribution in [-0.2, 0) is 12.8 Å². The van der Waals surface area contributed by atoms with Crippen LogP contribution in [0, 0.1) is 0 Å². The molecule has 0 N–H and O–H groups in total. The molecule has 1 heteroatoms. The average molecular weight is 293 g/mol. The van der Waals surface area contributed by atoms with Gasteiger partial charge in [-0.3, -0.25) is 0 Å². The standard InChI is InChI=1S/C20H17Cl/c21-20-15-18(13-16-7-3-1-4-8-16)11-12-19(20)14-17-9-5-2-6-10-17/h1-12,15H,13-14H2. The summed E-state index contributed by atoms with van der Waals surface area (Å²) < 4.78 is 0. The first-order valence-electron chi connectivity index (χ1n) is 7.16. The van der Waals surface area contributed by atoms with Crippen molar-refractivity contribution in [2.45, 2.75) is 12.8 Å². The SMILES string of the molecule is Clc1cc(Cc2ccccc2)ccc1Cc1ccccc1. The molecule has 0 aromatic heterocycles. The van der Waals surface area contributed by atoms with Crippen LogP contribution in [-0.4, -0.2) is 0 Å². The number of benzene rings is 3. The normalized spacial score (nSPS) is 10.5. The third-order valence-corrected chi connectivity index (χ3v) is 3.96. The van der Waals surface area contributed by atoms with E-state index in [4.69, 9.17) is 11.6 Å². The van der Waals surface area contributed by atoms with Gasteiger partial charge in [-0.1, -0.05) is 84.4 Å². The van der Waals surface area contributed by atoms with Gasteiger partial charge in [0.05, 0.1) is 0 Å². The minimum atomic E-state index is 0.854. The number of rotatable bonds is 4. The Morgan fingerprint density at radius 2 is 1.14 bits per heavy atom. The van der Waals surface area contributed by atoms with E-state index in [1.165, 1.54) is 22.3 Å². The van der Waals surface area contributed by atoms with Gasteiger partial charge in [0, 0.05) is 5.02 Å². The molecule has 0 saturated carbocycles. The molecule has 0 aliphatic heterocycles. The Kier molecular flexibility index (Phi) is 4.37. The number of hydrogen-bond donors (Lipinski definition) is 0. The van der Waals surface area contributed by atoms with Gasteiger partial charge in [0.2, 0.25) is 0 Å². The van der Waals surface area contributed by atoms with E-state index < -0.39 is 0 Å². The van der Waals surface area contributed by atoms with Crippen molar-refractivity contribution in [2.24, 2.45) is 0 Å². The third kappa shape index (κ3) is 3.74. The van der Waals surface area contributed by atoms with E-state index in [1.54, 1.807) is 0 Å². The van der Waals surface area contributed by atoms with Crippen LogP contribution in [0.4, 0.5) is 0 Å². The summed E-state index contributed by atoms with van der Waals surface area (Å²) >= 11 is 6.45. The second-order valence-corrected chi connectivity index (χ2v) is 5.66. The highest BCUT2D eigenvalue weighted by Crippen LogP contribution is 2.22. The van der Waals surface area contributed by atoms with Crippen molar-refractivity contribution >= 4 is 11.6 Å². The first kappa shape index (κ1) is 13.9. The minimum Gasteiger partial charge on any atom is -0.0840 e. The van der Waals surface area contributed by atoms with E-state index in [0.29, 0.717) is 0 Å². The minimum absolute atomic E-state index is 0.854. The van der Waals surface area contributed by atoms with Gasteiger partial charge in [-0.2, -0.15) is 0 Å². The van der Waals surface area contributed by atoms with Gasteiger partial charge in [-0.15, -0.1) is 0 Å². The van der Waals surface area contributed by atoms with Crippen LogP contribution in [0.25, 0.3) is 0 Å². The average Bonchev–Trinajstić information content (AvgIpc) is 2.52. The maximum Gasteiger partial charge on any atom is 0.0444 e. The van der Waals surface area contributed by atoms with Gasteiger partial charge in [-0.05, 0) is 41.2 Å². The van der Waals surface area contributed by atoms with Gasteiger partial charge in [-0.25, -0.2) is 0 Å². The molecule has 0 fully saturated rings. The van der Waals surface area contributed by atoms with Crippen LogP contribution in [0.3, 0.4) is 0 Å². The van der Waals surface area contributed by atoms with E-state index >= 15 is 0 Å². The lowest BCUT2D eigenvalue weighted by Crippen LogP contribution is -1.93. The van der Waals surface area contributed by atoms with E-state index in [2.05, 4.69) is 66.7 Å². The van der Waals surface area contributed by atoms with Crippen molar-refractivity contribution in [1.82, 2.24) is 0 Å². The van der Waals surface area contributed by atoms with Gasteiger partial charge in [0.25, 0.3) is 0 Å². The van der Waals surface area contributed by atoms with E-state index in [9.17, 15) is 0 Å². The molecule has 3 aromatic carbocycles. The smallest absolute Gasteiger partial charge is 0.0444 e. The summed E-state index contributed by atoms with van der Waals surface area (Å²) in [7, 11) is 0. The highest BCUT2D eigenvalue weighted by Gasteiger charge is 2.04. The van der Waals surface area contributed by atoms with Crippen LogP contribution >= 0.6 is 11.6 Å². The van der Waals surface area contributed by atoms with E-state index in [1.807, 2.05) is 12.1 Å². The molecule has 0 unspecified atom stereocenters. The van der Waals surface area contributed by atoms with Crippen LogP contribution in [0.5, 0.6) is 0 Å². The summed E-state index contributed by atoms with van der Waals surface area (Å²) in [5, 5.41) is 0.854. The van der Waals surface area contributed by atoms with E-state index in [0.717, 1.165) is 17.9 Å². The zero-order chi connectivity index (χ0) is 14.5. The van der Waals surface area contributed by atoms with Crippen LogP contribution in [0.2, 0.25) is 5.02 Å². The Labute approximate surface area is 131 Å². The molecule has 0 radical (unpaired) electrons. The molecule has 0 bridgehead atoms. The topological polar surface area (TPSA) is 0 Å². The molecule has 0 saturated heterocycles. The first-order valence-corrected chi connectivity index (χ1v) is 7.54. The zero-order valence-corrected chi connectivity index (χ0v) is 12.6. The molecule has 3 aromatic rings. The monoisotopic (exact) mass is 292 g/mol. The predicted octanol–water partition coefficient (Wildman–Crippen LogP) is 5.52. The van der Waals surface area contributed by atoms with Crippen molar-refractivity contribution in [2.75, 3.05) is 0 Å². The maximum absolute atomic E-state index is 6.45. The Bertz CT molecular complexity index is 702. The van der Waals surface area contributed by atoms with Gasteiger partial charge in [0.1, 0.15) is 0 Å². The Morgan fingerprint density at radius 3 is 1.71 bits per heavy atom. The Hall–Kier alpha value is -2.05. The summed E-state index contributed by atoms with van der Waals surface area (Å²) in [6.07, 6.45) is 1.80. The Balaban J connectivity index is 1.77. The predicted molar refractivity (Wildman–Crippen MR) is 89.9 cm³/mol. The van der Waals surface area contributed by atoms with Crippen LogP contribution < -0.4 is 0 Å². The fraction of sp³-hybridized carbons (Fsp3) is 0.100. The zero-order valence-electron chi connectivity index (χ0n) is 11.8. The molecule has 3 rings (SSSR count). The fourth-order valence-corrected chi connectivity index (χ4v) is 2.76. The molecule has 0 spiro atoms. The van der Waals surface area contributed by atoms with Gasteiger partial charge < -0.3 is 0 Å². The largest absolute Gasteiger partial charge is 0.0840 e.